The fourth-order valence-electron chi connectivity index (χ4n) is 1.87. The summed E-state index contributed by atoms with van der Waals surface area (Å²) in [7, 11) is 0. The Labute approximate surface area is 130 Å². The maximum absolute atomic E-state index is 11.9. The van der Waals surface area contributed by atoms with Crippen LogP contribution in [0.4, 0.5) is 5.69 Å². The van der Waals surface area contributed by atoms with E-state index in [1.165, 1.54) is 6.07 Å². The first kappa shape index (κ1) is 14.3. The zero-order valence-corrected chi connectivity index (χ0v) is 12.3. The maximum atomic E-state index is 11.9. The number of phenols is 1. The third-order valence-corrected chi connectivity index (χ3v) is 3.66. The normalized spacial score (nSPS) is 10.5. The number of phenolic OH excluding ortho intramolecular Hbond substituents is 1. The Hall–Kier alpha value is -2.67. The van der Waals surface area contributed by atoms with Crippen LogP contribution in [0.1, 0.15) is 12.3 Å². The van der Waals surface area contributed by atoms with E-state index in [-0.39, 0.29) is 18.1 Å². The molecule has 0 aliphatic rings. The molecule has 0 bridgehead atoms. The molecule has 1 aromatic carbocycles. The van der Waals surface area contributed by atoms with Crippen molar-refractivity contribution in [3.05, 3.63) is 47.0 Å². The third-order valence-electron chi connectivity index (χ3n) is 2.98. The fourth-order valence-corrected chi connectivity index (χ4v) is 2.50. The minimum absolute atomic E-state index is 0.0355. The summed E-state index contributed by atoms with van der Waals surface area (Å²) in [5, 5.41) is 24.0. The van der Waals surface area contributed by atoms with Gasteiger partial charge in [-0.1, -0.05) is 12.1 Å². The number of hydrogen-bond donors (Lipinski definition) is 2. The van der Waals surface area contributed by atoms with E-state index in [0.29, 0.717) is 23.9 Å². The van der Waals surface area contributed by atoms with E-state index in [1.54, 1.807) is 29.5 Å². The summed E-state index contributed by atoms with van der Waals surface area (Å²) in [4.78, 5) is 11.9. The Morgan fingerprint density at radius 3 is 2.91 bits per heavy atom. The highest BCUT2D eigenvalue weighted by Gasteiger charge is 2.11. The van der Waals surface area contributed by atoms with Crippen molar-refractivity contribution in [1.82, 2.24) is 10.2 Å². The van der Waals surface area contributed by atoms with Crippen LogP contribution in [0.5, 0.6) is 5.75 Å². The van der Waals surface area contributed by atoms with Gasteiger partial charge in [-0.15, -0.1) is 10.2 Å². The van der Waals surface area contributed by atoms with Crippen molar-refractivity contribution < 1.29 is 14.3 Å². The molecule has 0 aliphatic carbocycles. The van der Waals surface area contributed by atoms with Gasteiger partial charge in [0.25, 0.3) is 0 Å². The summed E-state index contributed by atoms with van der Waals surface area (Å²) in [5.41, 5.74) is 1.26. The molecule has 7 heteroatoms. The zero-order chi connectivity index (χ0) is 15.4. The lowest BCUT2D eigenvalue weighted by molar-refractivity contribution is -0.116. The van der Waals surface area contributed by atoms with Gasteiger partial charge >= 0.3 is 0 Å². The highest BCUT2D eigenvalue weighted by molar-refractivity contribution is 7.08. The van der Waals surface area contributed by atoms with E-state index in [4.69, 9.17) is 4.42 Å². The number of anilines is 1. The molecule has 0 saturated heterocycles. The molecule has 112 valence electrons. The lowest BCUT2D eigenvalue weighted by atomic mass is 10.2. The second kappa shape index (κ2) is 6.40. The lowest BCUT2D eigenvalue weighted by Crippen LogP contribution is -2.12. The number of aryl methyl sites for hydroxylation is 1. The number of nitrogens with zero attached hydrogens (tertiary/aromatic N) is 2. The van der Waals surface area contributed by atoms with Crippen LogP contribution in [0.25, 0.3) is 11.5 Å². The van der Waals surface area contributed by atoms with Gasteiger partial charge in [0, 0.05) is 23.8 Å². The minimum atomic E-state index is -0.225. The van der Waals surface area contributed by atoms with E-state index >= 15 is 0 Å². The van der Waals surface area contributed by atoms with Crippen molar-refractivity contribution in [1.29, 1.82) is 0 Å². The summed E-state index contributed by atoms with van der Waals surface area (Å²) < 4.78 is 5.51. The minimum Gasteiger partial charge on any atom is -0.506 e. The van der Waals surface area contributed by atoms with Gasteiger partial charge < -0.3 is 14.8 Å². The number of carbonyl (C=O) groups is 1. The molecular formula is C15H13N3O3S. The molecule has 2 N–H and O–H groups in total. The number of aromatic hydroxyl groups is 1. The van der Waals surface area contributed by atoms with E-state index in [1.807, 2.05) is 16.8 Å². The molecule has 0 spiro atoms. The Balaban J connectivity index is 1.56. The average molecular weight is 315 g/mol. The molecule has 1 amide bonds. The molecule has 3 rings (SSSR count). The molecule has 22 heavy (non-hydrogen) atoms. The van der Waals surface area contributed by atoms with Gasteiger partial charge in [-0.2, -0.15) is 11.3 Å². The van der Waals surface area contributed by atoms with Crippen LogP contribution in [0.2, 0.25) is 0 Å². The van der Waals surface area contributed by atoms with Crippen LogP contribution in [0.3, 0.4) is 0 Å². The molecule has 0 saturated carbocycles. The number of para-hydroxylation sites is 2. The number of aromatic nitrogens is 2. The van der Waals surface area contributed by atoms with Gasteiger partial charge in [0.2, 0.25) is 17.7 Å². The molecule has 3 aromatic rings. The van der Waals surface area contributed by atoms with Gasteiger partial charge in [0.05, 0.1) is 5.69 Å². The fraction of sp³-hybridized carbons (Fsp3) is 0.133. The lowest BCUT2D eigenvalue weighted by Gasteiger charge is -2.05. The summed E-state index contributed by atoms with van der Waals surface area (Å²) >= 11 is 1.55. The summed E-state index contributed by atoms with van der Waals surface area (Å²) in [6.45, 7) is 0. The van der Waals surface area contributed by atoms with E-state index in [9.17, 15) is 9.90 Å². The Bertz CT molecular complexity index is 768. The molecular weight excluding hydrogens is 302 g/mol. The van der Waals surface area contributed by atoms with Crippen LogP contribution >= 0.6 is 11.3 Å². The predicted octanol–water partition coefficient (Wildman–Crippen LogP) is 3.08. The number of benzene rings is 1. The molecule has 6 nitrogen and oxygen atoms in total. The SMILES string of the molecule is O=C(CCc1nnc(-c2ccsc2)o1)Nc1ccccc1O. The molecule has 0 aliphatic heterocycles. The molecule has 0 fully saturated rings. The standard InChI is InChI=1S/C15H13N3O3S/c19-12-4-2-1-3-11(12)16-13(20)5-6-14-17-18-15(21-14)10-7-8-22-9-10/h1-4,7-9,19H,5-6H2,(H,16,20). The number of rotatable bonds is 5. The van der Waals surface area contributed by atoms with Gasteiger partial charge in [-0.3, -0.25) is 4.79 Å². The highest BCUT2D eigenvalue weighted by atomic mass is 32.1. The largest absolute Gasteiger partial charge is 0.506 e. The molecule has 2 aromatic heterocycles. The van der Waals surface area contributed by atoms with Crippen molar-refractivity contribution in [2.45, 2.75) is 12.8 Å². The molecule has 0 atom stereocenters. The highest BCUT2D eigenvalue weighted by Crippen LogP contribution is 2.22. The maximum Gasteiger partial charge on any atom is 0.248 e. The first-order valence-electron chi connectivity index (χ1n) is 6.65. The summed E-state index contributed by atoms with van der Waals surface area (Å²) in [6, 6.07) is 8.47. The first-order valence-corrected chi connectivity index (χ1v) is 7.59. The first-order chi connectivity index (χ1) is 10.7. The average Bonchev–Trinajstić information content (AvgIpc) is 3.18. The van der Waals surface area contributed by atoms with Crippen molar-refractivity contribution in [2.75, 3.05) is 5.32 Å². The third kappa shape index (κ3) is 3.32. The van der Waals surface area contributed by atoms with Gasteiger partial charge in [0.1, 0.15) is 5.75 Å². The van der Waals surface area contributed by atoms with E-state index in [0.717, 1.165) is 5.56 Å². The van der Waals surface area contributed by atoms with Crippen molar-refractivity contribution >= 4 is 22.9 Å². The Morgan fingerprint density at radius 2 is 2.14 bits per heavy atom. The molecule has 0 unspecified atom stereocenters. The molecule has 2 heterocycles. The van der Waals surface area contributed by atoms with Crippen LogP contribution < -0.4 is 5.32 Å². The second-order valence-electron chi connectivity index (χ2n) is 4.58. The van der Waals surface area contributed by atoms with Crippen LogP contribution in [-0.2, 0) is 11.2 Å². The van der Waals surface area contributed by atoms with Gasteiger partial charge in [0.15, 0.2) is 0 Å². The smallest absolute Gasteiger partial charge is 0.248 e. The van der Waals surface area contributed by atoms with Crippen LogP contribution in [0, 0.1) is 0 Å². The summed E-state index contributed by atoms with van der Waals surface area (Å²) in [6.07, 6.45) is 0.538. The van der Waals surface area contributed by atoms with Gasteiger partial charge in [-0.05, 0) is 23.6 Å². The number of carbonyl (C=O) groups excluding carboxylic acids is 1. The van der Waals surface area contributed by atoms with Crippen molar-refractivity contribution in [3.63, 3.8) is 0 Å². The number of thiophene rings is 1. The topological polar surface area (TPSA) is 88.2 Å². The second-order valence-corrected chi connectivity index (χ2v) is 5.36. The van der Waals surface area contributed by atoms with E-state index in [2.05, 4.69) is 15.5 Å². The molecule has 0 radical (unpaired) electrons. The Morgan fingerprint density at radius 1 is 1.27 bits per heavy atom. The number of nitrogens with one attached hydrogen (secondary N) is 1. The van der Waals surface area contributed by atoms with Crippen molar-refractivity contribution in [2.24, 2.45) is 0 Å². The van der Waals surface area contributed by atoms with E-state index < -0.39 is 0 Å². The summed E-state index contributed by atoms with van der Waals surface area (Å²) in [5.74, 6) is 0.677. The number of amides is 1. The monoisotopic (exact) mass is 315 g/mol. The van der Waals surface area contributed by atoms with Crippen molar-refractivity contribution in [3.8, 4) is 17.2 Å². The number of hydrogen-bond acceptors (Lipinski definition) is 6. The quantitative estimate of drug-likeness (QED) is 0.706. The van der Waals surface area contributed by atoms with Gasteiger partial charge in [-0.25, -0.2) is 0 Å². The van der Waals surface area contributed by atoms with Crippen LogP contribution in [-0.4, -0.2) is 21.2 Å². The Kier molecular flexibility index (Phi) is 4.15. The predicted molar refractivity (Wildman–Crippen MR) is 82.7 cm³/mol. The zero-order valence-electron chi connectivity index (χ0n) is 11.5. The van der Waals surface area contributed by atoms with Crippen LogP contribution in [0.15, 0.2) is 45.5 Å².